The highest BCUT2D eigenvalue weighted by molar-refractivity contribution is 7.14. The maximum atomic E-state index is 12.8. The minimum atomic E-state index is -0.298. The maximum Gasteiger partial charge on any atom is 0.259 e. The Kier molecular flexibility index (Phi) is 5.90. The smallest absolute Gasteiger partial charge is 0.259 e. The SMILES string of the molecule is COc1ccc(C)cc1NC(=O)c1cnc(Nc2nc(-c3ccccc3)cs2)nc1C. The number of thiazole rings is 1. The van der Waals surface area contributed by atoms with E-state index in [2.05, 4.69) is 25.6 Å². The first kappa shape index (κ1) is 20.5. The molecule has 31 heavy (non-hydrogen) atoms. The number of aryl methyl sites for hydroxylation is 2. The first-order chi connectivity index (χ1) is 15.0. The first-order valence-electron chi connectivity index (χ1n) is 9.61. The molecule has 2 aromatic heterocycles. The second-order valence-corrected chi connectivity index (χ2v) is 7.74. The highest BCUT2D eigenvalue weighted by Crippen LogP contribution is 2.27. The topological polar surface area (TPSA) is 89.0 Å². The number of amides is 1. The van der Waals surface area contributed by atoms with E-state index in [0.717, 1.165) is 16.8 Å². The average molecular weight is 432 g/mol. The number of benzene rings is 2. The van der Waals surface area contributed by atoms with Crippen molar-refractivity contribution in [3.05, 3.63) is 76.9 Å². The van der Waals surface area contributed by atoms with Crippen molar-refractivity contribution in [1.82, 2.24) is 15.0 Å². The van der Waals surface area contributed by atoms with Gasteiger partial charge in [-0.25, -0.2) is 15.0 Å². The molecular formula is C23H21N5O2S. The lowest BCUT2D eigenvalue weighted by Crippen LogP contribution is -2.16. The van der Waals surface area contributed by atoms with Crippen molar-refractivity contribution in [2.75, 3.05) is 17.7 Å². The molecule has 4 rings (SSSR count). The van der Waals surface area contributed by atoms with Crippen molar-refractivity contribution < 1.29 is 9.53 Å². The Hall–Kier alpha value is -3.78. The molecule has 156 valence electrons. The number of nitrogens with one attached hydrogen (secondary N) is 2. The van der Waals surface area contributed by atoms with Gasteiger partial charge < -0.3 is 15.4 Å². The fourth-order valence-electron chi connectivity index (χ4n) is 3.03. The van der Waals surface area contributed by atoms with Crippen LogP contribution in [0.15, 0.2) is 60.1 Å². The summed E-state index contributed by atoms with van der Waals surface area (Å²) in [4.78, 5) is 26.1. The van der Waals surface area contributed by atoms with Crippen LogP contribution in [0.5, 0.6) is 5.75 Å². The number of nitrogens with zero attached hydrogens (tertiary/aromatic N) is 3. The van der Waals surface area contributed by atoms with Crippen molar-refractivity contribution in [3.63, 3.8) is 0 Å². The number of rotatable bonds is 6. The predicted octanol–water partition coefficient (Wildman–Crippen LogP) is 5.22. The number of anilines is 3. The zero-order chi connectivity index (χ0) is 21.8. The lowest BCUT2D eigenvalue weighted by molar-refractivity contribution is 0.102. The highest BCUT2D eigenvalue weighted by Gasteiger charge is 2.15. The van der Waals surface area contributed by atoms with Gasteiger partial charge in [0.15, 0.2) is 5.13 Å². The summed E-state index contributed by atoms with van der Waals surface area (Å²) in [6.07, 6.45) is 1.51. The van der Waals surface area contributed by atoms with E-state index < -0.39 is 0 Å². The molecule has 0 saturated carbocycles. The number of aromatic nitrogens is 3. The van der Waals surface area contributed by atoms with Crippen LogP contribution in [0.25, 0.3) is 11.3 Å². The summed E-state index contributed by atoms with van der Waals surface area (Å²) in [5.74, 6) is 0.679. The van der Waals surface area contributed by atoms with Crippen LogP contribution in [0, 0.1) is 13.8 Å². The van der Waals surface area contributed by atoms with E-state index >= 15 is 0 Å². The minimum Gasteiger partial charge on any atom is -0.495 e. The predicted molar refractivity (Wildman–Crippen MR) is 123 cm³/mol. The van der Waals surface area contributed by atoms with Crippen molar-refractivity contribution >= 4 is 34.0 Å². The summed E-state index contributed by atoms with van der Waals surface area (Å²) >= 11 is 1.47. The Morgan fingerprint density at radius 3 is 2.61 bits per heavy atom. The van der Waals surface area contributed by atoms with Gasteiger partial charge in [-0.3, -0.25) is 4.79 Å². The normalized spacial score (nSPS) is 10.5. The van der Waals surface area contributed by atoms with Gasteiger partial charge in [0.05, 0.1) is 29.7 Å². The summed E-state index contributed by atoms with van der Waals surface area (Å²) in [6, 6.07) is 15.5. The fraction of sp³-hybridized carbons (Fsp3) is 0.130. The Morgan fingerprint density at radius 1 is 1.06 bits per heavy atom. The molecule has 2 N–H and O–H groups in total. The van der Waals surface area contributed by atoms with Gasteiger partial charge in [-0.15, -0.1) is 11.3 Å². The van der Waals surface area contributed by atoms with Gasteiger partial charge >= 0.3 is 0 Å². The van der Waals surface area contributed by atoms with E-state index in [4.69, 9.17) is 4.74 Å². The number of carbonyl (C=O) groups is 1. The first-order valence-corrected chi connectivity index (χ1v) is 10.5. The van der Waals surface area contributed by atoms with E-state index in [-0.39, 0.29) is 5.91 Å². The molecule has 0 fully saturated rings. The van der Waals surface area contributed by atoms with E-state index in [9.17, 15) is 4.79 Å². The summed E-state index contributed by atoms with van der Waals surface area (Å²) in [6.45, 7) is 3.72. The summed E-state index contributed by atoms with van der Waals surface area (Å²) < 4.78 is 5.32. The maximum absolute atomic E-state index is 12.8. The van der Waals surface area contributed by atoms with Gasteiger partial charge in [0.1, 0.15) is 5.75 Å². The number of ether oxygens (including phenoxy) is 1. The van der Waals surface area contributed by atoms with Crippen LogP contribution in [0.3, 0.4) is 0 Å². The lowest BCUT2D eigenvalue weighted by Gasteiger charge is -2.12. The van der Waals surface area contributed by atoms with Crippen molar-refractivity contribution in [2.24, 2.45) is 0 Å². The van der Waals surface area contributed by atoms with E-state index in [1.165, 1.54) is 17.5 Å². The van der Waals surface area contributed by atoms with Gasteiger partial charge in [0.2, 0.25) is 5.95 Å². The van der Waals surface area contributed by atoms with Gasteiger partial charge in [0.25, 0.3) is 5.91 Å². The van der Waals surface area contributed by atoms with Crippen LogP contribution in [0.1, 0.15) is 21.6 Å². The molecule has 0 bridgehead atoms. The van der Waals surface area contributed by atoms with E-state index in [0.29, 0.717) is 33.8 Å². The second-order valence-electron chi connectivity index (χ2n) is 6.88. The molecule has 7 nitrogen and oxygen atoms in total. The molecule has 0 unspecified atom stereocenters. The lowest BCUT2D eigenvalue weighted by atomic mass is 10.2. The van der Waals surface area contributed by atoms with Crippen molar-refractivity contribution in [3.8, 4) is 17.0 Å². The molecule has 0 aliphatic rings. The molecule has 4 aromatic rings. The van der Waals surface area contributed by atoms with Crippen LogP contribution in [0.4, 0.5) is 16.8 Å². The molecule has 2 aromatic carbocycles. The van der Waals surface area contributed by atoms with Gasteiger partial charge in [-0.2, -0.15) is 0 Å². The molecule has 0 atom stereocenters. The molecule has 0 saturated heterocycles. The molecule has 0 spiro atoms. The van der Waals surface area contributed by atoms with E-state index in [1.54, 1.807) is 14.0 Å². The summed E-state index contributed by atoms with van der Waals surface area (Å²) in [5.41, 5.74) is 4.49. The Bertz CT molecular complexity index is 1220. The van der Waals surface area contributed by atoms with Crippen LogP contribution < -0.4 is 15.4 Å². The zero-order valence-electron chi connectivity index (χ0n) is 17.3. The number of hydrogen-bond acceptors (Lipinski definition) is 7. The van der Waals surface area contributed by atoms with Crippen molar-refractivity contribution in [1.29, 1.82) is 0 Å². The molecule has 0 radical (unpaired) electrons. The van der Waals surface area contributed by atoms with E-state index in [1.807, 2.05) is 60.8 Å². The third kappa shape index (κ3) is 4.70. The number of hydrogen-bond donors (Lipinski definition) is 2. The molecule has 8 heteroatoms. The standard InChI is InChI=1S/C23H21N5O2S/c1-14-9-10-20(30-3)18(11-14)26-21(29)17-12-24-22(25-15(17)2)28-23-27-19(13-31-23)16-7-5-4-6-8-16/h4-13H,1-3H3,(H,26,29)(H,24,25,27,28). The van der Waals surface area contributed by atoms with Crippen LogP contribution in [-0.4, -0.2) is 28.0 Å². The van der Waals surface area contributed by atoms with Crippen molar-refractivity contribution in [2.45, 2.75) is 13.8 Å². The molecule has 1 amide bonds. The van der Waals surface area contributed by atoms with Gasteiger partial charge in [0, 0.05) is 17.1 Å². The largest absolute Gasteiger partial charge is 0.495 e. The Morgan fingerprint density at radius 2 is 1.87 bits per heavy atom. The second kappa shape index (κ2) is 8.93. The van der Waals surface area contributed by atoms with Crippen LogP contribution in [0.2, 0.25) is 0 Å². The Balaban J connectivity index is 1.49. The van der Waals surface area contributed by atoms with Gasteiger partial charge in [-0.05, 0) is 31.5 Å². The quantitative estimate of drug-likeness (QED) is 0.435. The zero-order valence-corrected chi connectivity index (χ0v) is 18.2. The molecular weight excluding hydrogens is 410 g/mol. The number of carbonyl (C=O) groups excluding carboxylic acids is 1. The molecule has 0 aliphatic heterocycles. The van der Waals surface area contributed by atoms with Gasteiger partial charge in [-0.1, -0.05) is 36.4 Å². The highest BCUT2D eigenvalue weighted by atomic mass is 32.1. The minimum absolute atomic E-state index is 0.298. The third-order valence-corrected chi connectivity index (χ3v) is 5.38. The summed E-state index contributed by atoms with van der Waals surface area (Å²) in [7, 11) is 1.57. The molecule has 2 heterocycles. The number of methoxy groups -OCH3 is 1. The third-order valence-electron chi connectivity index (χ3n) is 4.62. The molecule has 0 aliphatic carbocycles. The Labute approximate surface area is 184 Å². The summed E-state index contributed by atoms with van der Waals surface area (Å²) in [5, 5.41) is 8.64. The average Bonchev–Trinajstić information content (AvgIpc) is 3.23. The van der Waals surface area contributed by atoms with Crippen LogP contribution in [-0.2, 0) is 0 Å². The fourth-order valence-corrected chi connectivity index (χ4v) is 3.74. The monoisotopic (exact) mass is 431 g/mol. The van der Waals surface area contributed by atoms with Crippen LogP contribution >= 0.6 is 11.3 Å².